The molecule has 27 heavy (non-hydrogen) atoms. The molecule has 1 amide bonds. The van der Waals surface area contributed by atoms with Gasteiger partial charge in [-0.3, -0.25) is 9.59 Å². The Hall–Kier alpha value is -2.38. The molecule has 2 fully saturated rings. The van der Waals surface area contributed by atoms with E-state index >= 15 is 0 Å². The molecule has 1 aromatic heterocycles. The summed E-state index contributed by atoms with van der Waals surface area (Å²) in [6.07, 6.45) is 1.53. The zero-order valence-corrected chi connectivity index (χ0v) is 15.3. The van der Waals surface area contributed by atoms with Gasteiger partial charge in [-0.2, -0.15) is 0 Å². The summed E-state index contributed by atoms with van der Waals surface area (Å²) in [5.41, 5.74) is -0.208. The first-order valence-corrected chi connectivity index (χ1v) is 9.31. The third-order valence-corrected chi connectivity index (χ3v) is 5.59. The highest BCUT2D eigenvalue weighted by Crippen LogP contribution is 2.38. The van der Waals surface area contributed by atoms with Crippen molar-refractivity contribution in [2.24, 2.45) is 11.8 Å². The fourth-order valence-electron chi connectivity index (χ4n) is 4.05. The van der Waals surface area contributed by atoms with Crippen LogP contribution in [-0.2, 0) is 0 Å². The van der Waals surface area contributed by atoms with E-state index < -0.39 is 6.10 Å². The standard InChI is InChI=1S/C19H20ClN3O4/c20-13-2-1-3-14(6-13)27-17-5-12-9-23(8-11(12)4-16(17)24)19(26)15-7-18(25)22-10-21-15/h1-3,6-7,10-12,16-17,24H,4-5,8-9H2,(H,21,22,25)/t11-,12+,16+,17+/m0/s1. The van der Waals surface area contributed by atoms with Crippen molar-refractivity contribution >= 4 is 17.5 Å². The van der Waals surface area contributed by atoms with Crippen molar-refractivity contribution in [2.75, 3.05) is 13.1 Å². The van der Waals surface area contributed by atoms with Crippen LogP contribution in [0.5, 0.6) is 5.75 Å². The number of rotatable bonds is 3. The highest BCUT2D eigenvalue weighted by atomic mass is 35.5. The number of benzene rings is 1. The summed E-state index contributed by atoms with van der Waals surface area (Å²) < 4.78 is 5.96. The molecule has 1 aliphatic carbocycles. The third-order valence-electron chi connectivity index (χ3n) is 5.35. The lowest BCUT2D eigenvalue weighted by molar-refractivity contribution is -0.0231. The monoisotopic (exact) mass is 389 g/mol. The molecule has 1 saturated heterocycles. The lowest BCUT2D eigenvalue weighted by atomic mass is 9.78. The quantitative estimate of drug-likeness (QED) is 0.833. The number of likely N-dealkylation sites (tertiary alicyclic amines) is 1. The number of aromatic amines is 1. The molecule has 7 nitrogen and oxygen atoms in total. The molecule has 1 aromatic carbocycles. The number of hydrogen-bond donors (Lipinski definition) is 2. The number of aliphatic hydroxyl groups is 1. The molecule has 2 N–H and O–H groups in total. The molecule has 1 aliphatic heterocycles. The number of ether oxygens (including phenoxy) is 1. The van der Waals surface area contributed by atoms with E-state index in [1.54, 1.807) is 23.1 Å². The van der Waals surface area contributed by atoms with Gasteiger partial charge in [-0.1, -0.05) is 17.7 Å². The van der Waals surface area contributed by atoms with Crippen LogP contribution in [0.4, 0.5) is 0 Å². The summed E-state index contributed by atoms with van der Waals surface area (Å²) in [7, 11) is 0. The predicted octanol–water partition coefficient (Wildman–Crippen LogP) is 1.71. The fourth-order valence-corrected chi connectivity index (χ4v) is 4.23. The Labute approximate surface area is 160 Å². The zero-order valence-electron chi connectivity index (χ0n) is 14.5. The van der Waals surface area contributed by atoms with Gasteiger partial charge in [0.1, 0.15) is 17.5 Å². The fraction of sp³-hybridized carbons (Fsp3) is 0.421. The maximum Gasteiger partial charge on any atom is 0.272 e. The number of halogens is 1. The van der Waals surface area contributed by atoms with Crippen LogP contribution in [0.25, 0.3) is 0 Å². The highest BCUT2D eigenvalue weighted by Gasteiger charge is 2.44. The van der Waals surface area contributed by atoms with Gasteiger partial charge < -0.3 is 19.7 Å². The van der Waals surface area contributed by atoms with Crippen LogP contribution in [0.15, 0.2) is 41.5 Å². The molecule has 0 radical (unpaired) electrons. The number of H-pyrrole nitrogens is 1. The number of hydrogen-bond acceptors (Lipinski definition) is 5. The molecule has 2 aliphatic rings. The van der Waals surface area contributed by atoms with Gasteiger partial charge in [0.05, 0.1) is 12.4 Å². The summed E-state index contributed by atoms with van der Waals surface area (Å²) in [5, 5.41) is 11.1. The topological polar surface area (TPSA) is 95.5 Å². The lowest BCUT2D eigenvalue weighted by Gasteiger charge is -2.35. The van der Waals surface area contributed by atoms with Crippen LogP contribution < -0.4 is 10.3 Å². The molecule has 2 aromatic rings. The van der Waals surface area contributed by atoms with Crippen molar-refractivity contribution in [2.45, 2.75) is 25.0 Å². The Balaban J connectivity index is 1.44. The SMILES string of the molecule is O=C(c1cc(=O)[nH]cn1)N1C[C@H]2C[C@@H](Oc3cccc(Cl)c3)[C@H](O)C[C@H]2C1. The van der Waals surface area contributed by atoms with Crippen LogP contribution in [-0.4, -0.2) is 51.2 Å². The van der Waals surface area contributed by atoms with Gasteiger partial charge in [0.15, 0.2) is 0 Å². The molecule has 1 saturated carbocycles. The van der Waals surface area contributed by atoms with E-state index in [0.717, 1.165) is 0 Å². The number of carbonyl (C=O) groups excluding carboxylic acids is 1. The molecule has 8 heteroatoms. The molecule has 4 atom stereocenters. The zero-order chi connectivity index (χ0) is 19.0. The van der Waals surface area contributed by atoms with Crippen molar-refractivity contribution in [1.82, 2.24) is 14.9 Å². The van der Waals surface area contributed by atoms with Crippen molar-refractivity contribution in [3.63, 3.8) is 0 Å². The van der Waals surface area contributed by atoms with Gasteiger partial charge in [0.25, 0.3) is 11.5 Å². The first-order chi connectivity index (χ1) is 13.0. The Kier molecular flexibility index (Phi) is 4.88. The maximum absolute atomic E-state index is 12.6. The number of carbonyl (C=O) groups is 1. The molecule has 2 heterocycles. The predicted molar refractivity (Wildman–Crippen MR) is 98.9 cm³/mol. The van der Waals surface area contributed by atoms with Crippen molar-refractivity contribution in [1.29, 1.82) is 0 Å². The van der Waals surface area contributed by atoms with Gasteiger partial charge in [-0.05, 0) is 42.9 Å². The summed E-state index contributed by atoms with van der Waals surface area (Å²) in [5.74, 6) is 0.828. The van der Waals surface area contributed by atoms with E-state index in [0.29, 0.717) is 36.7 Å². The molecular formula is C19H20ClN3O4. The normalized spacial score (nSPS) is 27.3. The molecule has 0 spiro atoms. The minimum atomic E-state index is -0.599. The Morgan fingerprint density at radius 3 is 2.78 bits per heavy atom. The molecule has 0 unspecified atom stereocenters. The van der Waals surface area contributed by atoms with E-state index in [1.165, 1.54) is 12.4 Å². The van der Waals surface area contributed by atoms with E-state index in [-0.39, 0.29) is 35.1 Å². The average molecular weight is 390 g/mol. The summed E-state index contributed by atoms with van der Waals surface area (Å²) >= 11 is 5.99. The van der Waals surface area contributed by atoms with E-state index in [1.807, 2.05) is 6.07 Å². The number of nitrogens with zero attached hydrogens (tertiary/aromatic N) is 2. The molecule has 0 bridgehead atoms. The van der Waals surface area contributed by atoms with Gasteiger partial charge in [-0.15, -0.1) is 0 Å². The van der Waals surface area contributed by atoms with Crippen LogP contribution in [0, 0.1) is 11.8 Å². The van der Waals surface area contributed by atoms with E-state index in [9.17, 15) is 14.7 Å². The van der Waals surface area contributed by atoms with Crippen LogP contribution in [0.1, 0.15) is 23.3 Å². The molecule has 4 rings (SSSR count). The Bertz CT molecular complexity index is 902. The molecule has 142 valence electrons. The Morgan fingerprint density at radius 2 is 2.04 bits per heavy atom. The van der Waals surface area contributed by atoms with Crippen molar-refractivity contribution in [3.05, 3.63) is 57.7 Å². The number of fused-ring (bicyclic) bond motifs is 1. The minimum absolute atomic E-state index is 0.143. The second-order valence-corrected chi connectivity index (χ2v) is 7.62. The number of nitrogens with one attached hydrogen (secondary N) is 1. The van der Waals surface area contributed by atoms with E-state index in [4.69, 9.17) is 16.3 Å². The lowest BCUT2D eigenvalue weighted by Crippen LogP contribution is -2.42. The summed E-state index contributed by atoms with van der Waals surface area (Å²) in [4.78, 5) is 32.1. The second-order valence-electron chi connectivity index (χ2n) is 7.18. The van der Waals surface area contributed by atoms with Crippen molar-refractivity contribution < 1.29 is 14.6 Å². The van der Waals surface area contributed by atoms with Crippen LogP contribution >= 0.6 is 11.6 Å². The minimum Gasteiger partial charge on any atom is -0.488 e. The Morgan fingerprint density at radius 1 is 1.26 bits per heavy atom. The number of aromatic nitrogens is 2. The smallest absolute Gasteiger partial charge is 0.272 e. The first-order valence-electron chi connectivity index (χ1n) is 8.94. The van der Waals surface area contributed by atoms with Crippen LogP contribution in [0.2, 0.25) is 5.02 Å². The average Bonchev–Trinajstić information content (AvgIpc) is 3.04. The van der Waals surface area contributed by atoms with Crippen LogP contribution in [0.3, 0.4) is 0 Å². The highest BCUT2D eigenvalue weighted by molar-refractivity contribution is 6.30. The van der Waals surface area contributed by atoms with Gasteiger partial charge in [0, 0.05) is 24.2 Å². The number of amides is 1. The first kappa shape index (κ1) is 18.0. The summed E-state index contributed by atoms with van der Waals surface area (Å²) in [6, 6.07) is 8.33. The molecular weight excluding hydrogens is 370 g/mol. The van der Waals surface area contributed by atoms with E-state index in [2.05, 4.69) is 9.97 Å². The largest absolute Gasteiger partial charge is 0.488 e. The van der Waals surface area contributed by atoms with Gasteiger partial charge in [0.2, 0.25) is 0 Å². The van der Waals surface area contributed by atoms with Gasteiger partial charge in [-0.25, -0.2) is 4.98 Å². The summed E-state index contributed by atoms with van der Waals surface area (Å²) in [6.45, 7) is 1.12. The number of aliphatic hydroxyl groups excluding tert-OH is 1. The third kappa shape index (κ3) is 3.84. The van der Waals surface area contributed by atoms with Crippen molar-refractivity contribution in [3.8, 4) is 5.75 Å². The maximum atomic E-state index is 12.6. The van der Waals surface area contributed by atoms with Gasteiger partial charge >= 0.3 is 0 Å². The second kappa shape index (κ2) is 7.32.